The summed E-state index contributed by atoms with van der Waals surface area (Å²) in [6.07, 6.45) is 0. The highest BCUT2D eigenvalue weighted by atomic mass is 32.1. The van der Waals surface area contributed by atoms with Gasteiger partial charge in [-0.3, -0.25) is 4.79 Å². The van der Waals surface area contributed by atoms with E-state index in [0.717, 1.165) is 11.3 Å². The van der Waals surface area contributed by atoms with Crippen LogP contribution >= 0.6 is 12.2 Å². The summed E-state index contributed by atoms with van der Waals surface area (Å²) in [7, 11) is 0. The summed E-state index contributed by atoms with van der Waals surface area (Å²) in [4.78, 5) is 11.5. The van der Waals surface area contributed by atoms with Crippen LogP contribution in [-0.4, -0.2) is 17.4 Å². The number of hydrogen-bond acceptors (Lipinski definition) is 3. The van der Waals surface area contributed by atoms with Crippen molar-refractivity contribution < 1.29 is 4.79 Å². The monoisotopic (exact) mass is 251 g/mol. The van der Waals surface area contributed by atoms with Crippen molar-refractivity contribution in [1.82, 2.24) is 0 Å². The van der Waals surface area contributed by atoms with Crippen molar-refractivity contribution in [2.45, 2.75) is 13.8 Å². The van der Waals surface area contributed by atoms with E-state index in [1.165, 1.54) is 0 Å². The van der Waals surface area contributed by atoms with Gasteiger partial charge in [0.2, 0.25) is 5.91 Å². The zero-order valence-electron chi connectivity index (χ0n) is 9.99. The van der Waals surface area contributed by atoms with Gasteiger partial charge in [0, 0.05) is 17.8 Å². The van der Waals surface area contributed by atoms with E-state index in [4.69, 9.17) is 23.7 Å². The maximum Gasteiger partial charge on any atom is 0.224 e. The molecule has 1 aromatic rings. The zero-order valence-corrected chi connectivity index (χ0v) is 10.8. The van der Waals surface area contributed by atoms with Gasteiger partial charge in [-0.2, -0.15) is 0 Å². The molecule has 0 atom stereocenters. The van der Waals surface area contributed by atoms with E-state index in [9.17, 15) is 4.79 Å². The third-order valence-corrected chi connectivity index (χ3v) is 2.81. The number of hydrogen-bond donors (Lipinski definition) is 3. The predicted molar refractivity (Wildman–Crippen MR) is 73.8 cm³/mol. The molecule has 5 N–H and O–H groups in total. The minimum Gasteiger partial charge on any atom is -0.389 e. The van der Waals surface area contributed by atoms with Gasteiger partial charge in [-0.1, -0.05) is 12.2 Å². The second kappa shape index (κ2) is 5.14. The first-order chi connectivity index (χ1) is 7.83. The van der Waals surface area contributed by atoms with E-state index in [1.54, 1.807) is 13.8 Å². The average molecular weight is 251 g/mol. The molecular weight excluding hydrogens is 234 g/mol. The molecule has 0 spiro atoms. The number of amides is 1. The molecule has 0 unspecified atom stereocenters. The number of nitrogens with one attached hydrogen (secondary N) is 1. The zero-order chi connectivity index (χ0) is 13.1. The summed E-state index contributed by atoms with van der Waals surface area (Å²) in [5, 5.41) is 3.15. The van der Waals surface area contributed by atoms with Crippen LogP contribution in [0.2, 0.25) is 0 Å². The van der Waals surface area contributed by atoms with Crippen molar-refractivity contribution in [3.63, 3.8) is 0 Å². The van der Waals surface area contributed by atoms with E-state index >= 15 is 0 Å². The second-order valence-electron chi connectivity index (χ2n) is 4.54. The number of carbonyl (C=O) groups excluding carboxylic acids is 1. The Morgan fingerprint density at radius 3 is 2.24 bits per heavy atom. The molecule has 0 fully saturated rings. The maximum atomic E-state index is 11.1. The molecule has 0 radical (unpaired) electrons. The van der Waals surface area contributed by atoms with Crippen molar-refractivity contribution in [3.05, 3.63) is 29.8 Å². The smallest absolute Gasteiger partial charge is 0.224 e. The highest BCUT2D eigenvalue weighted by Gasteiger charge is 2.24. The van der Waals surface area contributed by atoms with Gasteiger partial charge in [-0.25, -0.2) is 0 Å². The van der Waals surface area contributed by atoms with Crippen LogP contribution in [0.3, 0.4) is 0 Å². The highest BCUT2D eigenvalue weighted by Crippen LogP contribution is 2.16. The van der Waals surface area contributed by atoms with E-state index in [-0.39, 0.29) is 5.91 Å². The maximum absolute atomic E-state index is 11.1. The number of thiocarbonyl (C=S) groups is 1. The van der Waals surface area contributed by atoms with E-state index in [2.05, 4.69) is 5.32 Å². The van der Waals surface area contributed by atoms with E-state index in [0.29, 0.717) is 11.5 Å². The highest BCUT2D eigenvalue weighted by molar-refractivity contribution is 7.80. The van der Waals surface area contributed by atoms with Crippen molar-refractivity contribution >= 4 is 28.8 Å². The molecule has 0 bridgehead atoms. The molecule has 5 heteroatoms. The molecular formula is C12H17N3OS. The summed E-state index contributed by atoms with van der Waals surface area (Å²) >= 11 is 4.86. The Morgan fingerprint density at radius 1 is 1.29 bits per heavy atom. The van der Waals surface area contributed by atoms with Crippen molar-refractivity contribution in [3.8, 4) is 0 Å². The molecule has 0 saturated carbocycles. The number of rotatable bonds is 5. The van der Waals surface area contributed by atoms with Crippen LogP contribution in [0.15, 0.2) is 24.3 Å². The van der Waals surface area contributed by atoms with E-state index in [1.807, 2.05) is 24.3 Å². The molecule has 4 nitrogen and oxygen atoms in total. The number of carbonyl (C=O) groups is 1. The summed E-state index contributed by atoms with van der Waals surface area (Å²) in [6, 6.07) is 7.40. The van der Waals surface area contributed by atoms with Gasteiger partial charge in [0.25, 0.3) is 0 Å². The first-order valence-electron chi connectivity index (χ1n) is 5.26. The molecule has 0 saturated heterocycles. The number of anilines is 1. The molecule has 1 amide bonds. The molecule has 92 valence electrons. The van der Waals surface area contributed by atoms with Gasteiger partial charge in [0.05, 0.1) is 5.41 Å². The Morgan fingerprint density at radius 2 is 1.82 bits per heavy atom. The fraction of sp³-hybridized carbons (Fsp3) is 0.333. The summed E-state index contributed by atoms with van der Waals surface area (Å²) in [5.41, 5.74) is 11.9. The number of benzene rings is 1. The molecule has 1 rings (SSSR count). The van der Waals surface area contributed by atoms with Gasteiger partial charge in [0.15, 0.2) is 0 Å². The predicted octanol–water partition coefficient (Wildman–Crippen LogP) is 1.24. The van der Waals surface area contributed by atoms with Crippen LogP contribution < -0.4 is 16.8 Å². The normalized spacial score (nSPS) is 10.9. The molecule has 0 aliphatic rings. The Bertz CT molecular complexity index is 426. The van der Waals surface area contributed by atoms with Crippen LogP contribution in [0.1, 0.15) is 19.4 Å². The molecule has 0 aliphatic carbocycles. The van der Waals surface area contributed by atoms with Crippen LogP contribution in [0.25, 0.3) is 0 Å². The van der Waals surface area contributed by atoms with Gasteiger partial charge >= 0.3 is 0 Å². The van der Waals surface area contributed by atoms with Crippen LogP contribution in [0, 0.1) is 5.41 Å². The topological polar surface area (TPSA) is 81.1 Å². The minimum atomic E-state index is -0.582. The number of nitrogens with two attached hydrogens (primary N) is 2. The molecule has 0 aliphatic heterocycles. The standard InChI is InChI=1S/C12H17N3OS/c1-12(2,11(14)16)7-15-9-5-3-8(4-6-9)10(13)17/h3-6,15H,7H2,1-2H3,(H2,13,17)(H2,14,16). The lowest BCUT2D eigenvalue weighted by Crippen LogP contribution is -2.37. The Balaban J connectivity index is 2.65. The lowest BCUT2D eigenvalue weighted by atomic mass is 9.92. The van der Waals surface area contributed by atoms with Crippen LogP contribution in [0.4, 0.5) is 5.69 Å². The summed E-state index contributed by atoms with van der Waals surface area (Å²) in [5.74, 6) is -0.329. The van der Waals surface area contributed by atoms with Crippen molar-refractivity contribution in [2.75, 3.05) is 11.9 Å². The third kappa shape index (κ3) is 3.71. The quantitative estimate of drug-likeness (QED) is 0.688. The van der Waals surface area contributed by atoms with Crippen LogP contribution in [0.5, 0.6) is 0 Å². The lowest BCUT2D eigenvalue weighted by Gasteiger charge is -2.21. The van der Waals surface area contributed by atoms with Gasteiger partial charge in [-0.05, 0) is 38.1 Å². The lowest BCUT2D eigenvalue weighted by molar-refractivity contribution is -0.125. The fourth-order valence-corrected chi connectivity index (χ4v) is 1.30. The SMILES string of the molecule is CC(C)(CNc1ccc(C(N)=S)cc1)C(N)=O. The third-order valence-electron chi connectivity index (χ3n) is 2.57. The molecule has 0 heterocycles. The van der Waals surface area contributed by atoms with Crippen molar-refractivity contribution in [1.29, 1.82) is 0 Å². The van der Waals surface area contributed by atoms with Gasteiger partial charge in [0.1, 0.15) is 4.99 Å². The molecule has 0 aromatic heterocycles. The largest absolute Gasteiger partial charge is 0.389 e. The number of primary amides is 1. The Kier molecular flexibility index (Phi) is 4.07. The van der Waals surface area contributed by atoms with Gasteiger partial charge < -0.3 is 16.8 Å². The Hall–Kier alpha value is -1.62. The first kappa shape index (κ1) is 13.4. The van der Waals surface area contributed by atoms with Crippen LogP contribution in [-0.2, 0) is 4.79 Å². The summed E-state index contributed by atoms with van der Waals surface area (Å²) < 4.78 is 0. The second-order valence-corrected chi connectivity index (χ2v) is 4.98. The van der Waals surface area contributed by atoms with E-state index < -0.39 is 5.41 Å². The Labute approximate surface area is 106 Å². The average Bonchev–Trinajstić information content (AvgIpc) is 2.27. The molecule has 1 aromatic carbocycles. The fourth-order valence-electron chi connectivity index (χ4n) is 1.16. The van der Waals surface area contributed by atoms with Crippen molar-refractivity contribution in [2.24, 2.45) is 16.9 Å². The minimum absolute atomic E-state index is 0.329. The summed E-state index contributed by atoms with van der Waals surface area (Å²) in [6.45, 7) is 4.08. The van der Waals surface area contributed by atoms with Gasteiger partial charge in [-0.15, -0.1) is 0 Å². The molecule has 17 heavy (non-hydrogen) atoms. The first-order valence-corrected chi connectivity index (χ1v) is 5.67.